The number of ether oxygens (including phenoxy) is 1. The number of nitrogens with zero attached hydrogens (tertiary/aromatic N) is 1. The molecule has 0 saturated carbocycles. The molecule has 3 rings (SSSR count). The van der Waals surface area contributed by atoms with Gasteiger partial charge in [0.1, 0.15) is 11.8 Å². The van der Waals surface area contributed by atoms with Gasteiger partial charge >= 0.3 is 0 Å². The molecule has 37 heavy (non-hydrogen) atoms. The summed E-state index contributed by atoms with van der Waals surface area (Å²) in [6.45, 7) is 6.65. The van der Waals surface area contributed by atoms with E-state index in [4.69, 9.17) is 16.3 Å². The van der Waals surface area contributed by atoms with Crippen molar-refractivity contribution in [2.75, 3.05) is 13.2 Å². The minimum atomic E-state index is -0.706. The molecule has 1 N–H and O–H groups in total. The van der Waals surface area contributed by atoms with Gasteiger partial charge in [-0.05, 0) is 66.8 Å². The molecule has 2 amide bonds. The van der Waals surface area contributed by atoms with E-state index in [2.05, 4.69) is 28.2 Å². The van der Waals surface area contributed by atoms with Gasteiger partial charge in [-0.25, -0.2) is 0 Å². The number of benzene rings is 3. The van der Waals surface area contributed by atoms with Crippen LogP contribution >= 0.6 is 27.5 Å². The van der Waals surface area contributed by atoms with Crippen molar-refractivity contribution in [2.45, 2.75) is 52.6 Å². The second-order valence-electron chi connectivity index (χ2n) is 9.16. The zero-order chi connectivity index (χ0) is 26.8. The van der Waals surface area contributed by atoms with Crippen molar-refractivity contribution in [1.29, 1.82) is 0 Å². The van der Waals surface area contributed by atoms with Crippen molar-refractivity contribution in [3.63, 3.8) is 0 Å². The highest BCUT2D eigenvalue weighted by molar-refractivity contribution is 9.10. The fourth-order valence-corrected chi connectivity index (χ4v) is 4.55. The summed E-state index contributed by atoms with van der Waals surface area (Å²) in [4.78, 5) is 28.7. The molecule has 0 radical (unpaired) electrons. The molecule has 0 saturated heterocycles. The molecule has 3 aromatic carbocycles. The van der Waals surface area contributed by atoms with Crippen LogP contribution in [0.4, 0.5) is 0 Å². The molecule has 0 spiro atoms. The number of halogens is 2. The number of unbranched alkanes of at least 4 members (excludes halogenated alkanes) is 1. The summed E-state index contributed by atoms with van der Waals surface area (Å²) >= 11 is 9.80. The van der Waals surface area contributed by atoms with Gasteiger partial charge in [0.05, 0.1) is 0 Å². The molecule has 0 unspecified atom stereocenters. The second kappa shape index (κ2) is 14.2. The molecule has 0 bridgehead atoms. The van der Waals surface area contributed by atoms with Crippen LogP contribution in [0.25, 0.3) is 0 Å². The van der Waals surface area contributed by atoms with Gasteiger partial charge in [0.2, 0.25) is 5.91 Å². The van der Waals surface area contributed by atoms with Crippen LogP contribution in [-0.4, -0.2) is 35.9 Å². The Morgan fingerprint density at radius 1 is 1.00 bits per heavy atom. The Hall–Kier alpha value is -2.83. The molecular weight excluding hydrogens is 552 g/mol. The van der Waals surface area contributed by atoms with Gasteiger partial charge in [-0.3, -0.25) is 9.59 Å². The molecule has 0 aliphatic heterocycles. The van der Waals surface area contributed by atoms with Crippen LogP contribution in [-0.2, 0) is 22.6 Å². The van der Waals surface area contributed by atoms with Crippen LogP contribution < -0.4 is 10.1 Å². The van der Waals surface area contributed by atoms with Crippen molar-refractivity contribution < 1.29 is 14.3 Å². The molecule has 0 aliphatic carbocycles. The van der Waals surface area contributed by atoms with E-state index in [1.165, 1.54) is 0 Å². The van der Waals surface area contributed by atoms with E-state index in [0.717, 1.165) is 39.6 Å². The van der Waals surface area contributed by atoms with Crippen LogP contribution in [0.5, 0.6) is 5.75 Å². The Balaban J connectivity index is 1.90. The first kappa shape index (κ1) is 28.7. The van der Waals surface area contributed by atoms with Crippen LogP contribution in [0.2, 0.25) is 5.02 Å². The fraction of sp³-hybridized carbons (Fsp3) is 0.333. The third-order valence-electron chi connectivity index (χ3n) is 6.11. The third-order valence-corrected chi connectivity index (χ3v) is 7.60. The lowest BCUT2D eigenvalue weighted by Gasteiger charge is -2.31. The molecule has 0 heterocycles. The summed E-state index contributed by atoms with van der Waals surface area (Å²) < 4.78 is 6.95. The van der Waals surface area contributed by atoms with Gasteiger partial charge in [0, 0.05) is 29.0 Å². The SMILES string of the molecule is CCCCNC(=O)[C@H](Cc1ccccc1)N(Cc1cccc(Cl)c1)C(=O)COc1cc(C)c(Br)c(C)c1. The first-order chi connectivity index (χ1) is 17.8. The average molecular weight is 586 g/mol. The van der Waals surface area contributed by atoms with E-state index in [1.807, 2.05) is 74.5 Å². The van der Waals surface area contributed by atoms with Crippen LogP contribution in [0.3, 0.4) is 0 Å². The molecule has 3 aromatic rings. The first-order valence-electron chi connectivity index (χ1n) is 12.5. The van der Waals surface area contributed by atoms with E-state index in [0.29, 0.717) is 23.7 Å². The Labute approximate surface area is 233 Å². The second-order valence-corrected chi connectivity index (χ2v) is 10.4. The Morgan fingerprint density at radius 3 is 2.32 bits per heavy atom. The standard InChI is InChI=1S/C30H34BrClN2O3/c1-4-5-14-33-30(36)27(18-23-10-7-6-8-11-23)34(19-24-12-9-13-25(32)17-24)28(35)20-37-26-15-21(2)29(31)22(3)16-26/h6-13,15-17,27H,4-5,14,18-20H2,1-3H3,(H,33,36)/t27-/m0/s1. The Morgan fingerprint density at radius 2 is 1.68 bits per heavy atom. The quantitative estimate of drug-likeness (QED) is 0.242. The van der Waals surface area contributed by atoms with Crippen molar-refractivity contribution in [3.8, 4) is 5.75 Å². The van der Waals surface area contributed by atoms with Crippen LogP contribution in [0.15, 0.2) is 71.2 Å². The zero-order valence-electron chi connectivity index (χ0n) is 21.6. The van der Waals surface area contributed by atoms with Crippen molar-refractivity contribution in [1.82, 2.24) is 10.2 Å². The van der Waals surface area contributed by atoms with Gasteiger partial charge in [0.25, 0.3) is 5.91 Å². The molecule has 0 aromatic heterocycles. The Bertz CT molecular complexity index is 1180. The summed E-state index contributed by atoms with van der Waals surface area (Å²) in [5, 5.41) is 3.60. The number of hydrogen-bond donors (Lipinski definition) is 1. The number of hydrogen-bond acceptors (Lipinski definition) is 3. The maximum atomic E-state index is 13.7. The topological polar surface area (TPSA) is 58.6 Å². The lowest BCUT2D eigenvalue weighted by molar-refractivity contribution is -0.142. The maximum Gasteiger partial charge on any atom is 0.261 e. The highest BCUT2D eigenvalue weighted by Gasteiger charge is 2.30. The van der Waals surface area contributed by atoms with Crippen molar-refractivity contribution >= 4 is 39.3 Å². The van der Waals surface area contributed by atoms with Gasteiger partial charge in [-0.2, -0.15) is 0 Å². The van der Waals surface area contributed by atoms with Gasteiger partial charge in [0.15, 0.2) is 6.61 Å². The van der Waals surface area contributed by atoms with Crippen LogP contribution in [0, 0.1) is 13.8 Å². The van der Waals surface area contributed by atoms with E-state index >= 15 is 0 Å². The van der Waals surface area contributed by atoms with E-state index in [1.54, 1.807) is 11.0 Å². The average Bonchev–Trinajstić information content (AvgIpc) is 2.88. The summed E-state index contributed by atoms with van der Waals surface area (Å²) in [6.07, 6.45) is 2.23. The molecular formula is C30H34BrClN2O3. The Kier molecular flexibility index (Phi) is 11.0. The summed E-state index contributed by atoms with van der Waals surface area (Å²) in [6, 6.07) is 20.2. The molecule has 1 atom stereocenters. The lowest BCUT2D eigenvalue weighted by Crippen LogP contribution is -2.51. The molecule has 5 nitrogen and oxygen atoms in total. The largest absolute Gasteiger partial charge is 0.484 e. The summed E-state index contributed by atoms with van der Waals surface area (Å²) in [5.41, 5.74) is 3.86. The molecule has 7 heteroatoms. The summed E-state index contributed by atoms with van der Waals surface area (Å²) in [5.74, 6) is 0.161. The number of carbonyl (C=O) groups is 2. The van der Waals surface area contributed by atoms with Crippen molar-refractivity contribution in [3.05, 3.63) is 98.5 Å². The normalized spacial score (nSPS) is 11.6. The van der Waals surface area contributed by atoms with Gasteiger partial charge in [-0.1, -0.05) is 83.3 Å². The van der Waals surface area contributed by atoms with Crippen LogP contribution in [0.1, 0.15) is 42.0 Å². The third kappa shape index (κ3) is 8.61. The number of aryl methyl sites for hydroxylation is 2. The summed E-state index contributed by atoms with van der Waals surface area (Å²) in [7, 11) is 0. The van der Waals surface area contributed by atoms with Gasteiger partial charge in [-0.15, -0.1) is 0 Å². The highest BCUT2D eigenvalue weighted by Crippen LogP contribution is 2.26. The minimum Gasteiger partial charge on any atom is -0.484 e. The minimum absolute atomic E-state index is 0.178. The number of amides is 2. The lowest BCUT2D eigenvalue weighted by atomic mass is 10.0. The first-order valence-corrected chi connectivity index (χ1v) is 13.7. The highest BCUT2D eigenvalue weighted by atomic mass is 79.9. The predicted octanol–water partition coefficient (Wildman–Crippen LogP) is 6.65. The van der Waals surface area contributed by atoms with E-state index in [-0.39, 0.29) is 25.0 Å². The fourth-order valence-electron chi connectivity index (χ4n) is 4.11. The zero-order valence-corrected chi connectivity index (χ0v) is 23.9. The maximum absolute atomic E-state index is 13.7. The monoisotopic (exact) mass is 584 g/mol. The number of rotatable bonds is 12. The predicted molar refractivity (Wildman–Crippen MR) is 153 cm³/mol. The molecule has 0 fully saturated rings. The smallest absolute Gasteiger partial charge is 0.261 e. The van der Waals surface area contributed by atoms with E-state index in [9.17, 15) is 9.59 Å². The van der Waals surface area contributed by atoms with Gasteiger partial charge < -0.3 is 15.0 Å². The number of nitrogens with one attached hydrogen (secondary N) is 1. The number of carbonyl (C=O) groups excluding carboxylic acids is 2. The van der Waals surface area contributed by atoms with E-state index < -0.39 is 6.04 Å². The molecule has 0 aliphatic rings. The molecule has 196 valence electrons. The van der Waals surface area contributed by atoms with Crippen molar-refractivity contribution in [2.24, 2.45) is 0 Å².